The van der Waals surface area contributed by atoms with Crippen molar-refractivity contribution in [2.45, 2.75) is 0 Å². The Morgan fingerprint density at radius 2 is 2.05 bits per heavy atom. The first-order valence-corrected chi connectivity index (χ1v) is 7.81. The summed E-state index contributed by atoms with van der Waals surface area (Å²) in [5.74, 6) is 0.393. The lowest BCUT2D eigenvalue weighted by Gasteiger charge is -2.15. The van der Waals surface area contributed by atoms with Gasteiger partial charge >= 0.3 is 0 Å². The van der Waals surface area contributed by atoms with Crippen LogP contribution in [0, 0.1) is 0 Å². The van der Waals surface area contributed by atoms with Crippen molar-refractivity contribution >= 4 is 69.2 Å². The van der Waals surface area contributed by atoms with Crippen LogP contribution in [0.3, 0.4) is 0 Å². The number of carbonyl (C=O) groups excluding carboxylic acids is 1. The monoisotopic (exact) mass is 355 g/mol. The lowest BCUT2D eigenvalue weighted by atomic mass is 10.3. The van der Waals surface area contributed by atoms with Gasteiger partial charge in [-0.25, -0.2) is 0 Å². The molecule has 1 aromatic carbocycles. The molecule has 0 bridgehead atoms. The Bertz CT molecular complexity index is 756. The van der Waals surface area contributed by atoms with Gasteiger partial charge in [0.25, 0.3) is 5.91 Å². The fourth-order valence-corrected chi connectivity index (χ4v) is 3.39. The summed E-state index contributed by atoms with van der Waals surface area (Å²) in [5, 5.41) is 0.801. The van der Waals surface area contributed by atoms with Gasteiger partial charge in [-0.1, -0.05) is 47.2 Å². The molecule has 0 radical (unpaired) electrons. The number of hydrogen-bond donors (Lipinski definition) is 0. The molecule has 1 saturated heterocycles. The van der Waals surface area contributed by atoms with Crippen LogP contribution in [0.15, 0.2) is 45.9 Å². The average Bonchev–Trinajstić information content (AvgIpc) is 3.03. The summed E-state index contributed by atoms with van der Waals surface area (Å²) < 4.78 is 5.65. The van der Waals surface area contributed by atoms with Crippen molar-refractivity contribution in [1.29, 1.82) is 0 Å². The second-order valence-corrected chi connectivity index (χ2v) is 6.62. The zero-order chi connectivity index (χ0) is 15.0. The molecule has 0 unspecified atom stereocenters. The molecule has 3 nitrogen and oxygen atoms in total. The topological polar surface area (TPSA) is 33.5 Å². The predicted molar refractivity (Wildman–Crippen MR) is 90.8 cm³/mol. The summed E-state index contributed by atoms with van der Waals surface area (Å²) in [4.78, 5) is 14.4. The van der Waals surface area contributed by atoms with E-state index in [1.54, 1.807) is 42.7 Å². The van der Waals surface area contributed by atoms with Gasteiger partial charge in [-0.15, -0.1) is 0 Å². The predicted octanol–water partition coefficient (Wildman–Crippen LogP) is 4.99. The third kappa shape index (κ3) is 2.87. The lowest BCUT2D eigenvalue weighted by molar-refractivity contribution is -0.113. The molecule has 106 valence electrons. The fraction of sp³-hybridized carbons (Fsp3) is 0. The van der Waals surface area contributed by atoms with Gasteiger partial charge in [0, 0.05) is 6.08 Å². The van der Waals surface area contributed by atoms with Crippen molar-refractivity contribution in [3.63, 3.8) is 0 Å². The van der Waals surface area contributed by atoms with Gasteiger partial charge in [-0.05, 0) is 30.3 Å². The molecule has 21 heavy (non-hydrogen) atoms. The van der Waals surface area contributed by atoms with E-state index in [-0.39, 0.29) is 5.91 Å². The Labute approximate surface area is 140 Å². The molecule has 0 spiro atoms. The number of halogens is 2. The molecule has 2 heterocycles. The van der Waals surface area contributed by atoms with E-state index in [2.05, 4.69) is 0 Å². The standard InChI is InChI=1S/C14H7Cl2NO2S2/c15-10-4-3-8(6-11(10)16)17-13(18)12(21-14(17)20)7-9-2-1-5-19-9/h1-7H/b12-7+. The van der Waals surface area contributed by atoms with Crippen molar-refractivity contribution in [3.8, 4) is 0 Å². The number of nitrogens with zero attached hydrogens (tertiary/aromatic N) is 1. The normalized spacial score (nSPS) is 17.0. The van der Waals surface area contributed by atoms with Gasteiger partial charge in [0.05, 0.1) is 26.9 Å². The maximum atomic E-state index is 12.5. The van der Waals surface area contributed by atoms with Crippen LogP contribution < -0.4 is 4.90 Å². The highest BCUT2D eigenvalue weighted by Gasteiger charge is 2.33. The molecule has 0 aliphatic carbocycles. The highest BCUT2D eigenvalue weighted by molar-refractivity contribution is 8.27. The third-order valence-electron chi connectivity index (χ3n) is 2.77. The van der Waals surface area contributed by atoms with Crippen LogP contribution in [-0.4, -0.2) is 10.2 Å². The molecule has 1 aliphatic heterocycles. The number of hydrogen-bond acceptors (Lipinski definition) is 4. The first-order chi connectivity index (χ1) is 10.1. The maximum absolute atomic E-state index is 12.5. The Balaban J connectivity index is 1.95. The van der Waals surface area contributed by atoms with Crippen LogP contribution in [0.5, 0.6) is 0 Å². The molecule has 1 fully saturated rings. The molecule has 1 amide bonds. The van der Waals surface area contributed by atoms with Crippen molar-refractivity contribution in [3.05, 3.63) is 57.3 Å². The molecule has 0 N–H and O–H groups in total. The quantitative estimate of drug-likeness (QED) is 0.561. The molecule has 0 saturated carbocycles. The number of rotatable bonds is 2. The summed E-state index contributed by atoms with van der Waals surface area (Å²) in [7, 11) is 0. The van der Waals surface area contributed by atoms with E-state index in [1.807, 2.05) is 0 Å². The lowest BCUT2D eigenvalue weighted by Crippen LogP contribution is -2.27. The molecular weight excluding hydrogens is 349 g/mol. The van der Waals surface area contributed by atoms with Crippen LogP contribution in [0.25, 0.3) is 6.08 Å². The molecule has 1 aliphatic rings. The van der Waals surface area contributed by atoms with Gasteiger partial charge in [0.2, 0.25) is 0 Å². The van der Waals surface area contributed by atoms with Crippen molar-refractivity contribution in [2.75, 3.05) is 4.90 Å². The fourth-order valence-electron chi connectivity index (χ4n) is 1.82. The number of amides is 1. The van der Waals surface area contributed by atoms with E-state index in [1.165, 1.54) is 16.7 Å². The number of benzene rings is 1. The van der Waals surface area contributed by atoms with E-state index < -0.39 is 0 Å². The van der Waals surface area contributed by atoms with E-state index >= 15 is 0 Å². The molecule has 7 heteroatoms. The smallest absolute Gasteiger partial charge is 0.270 e. The zero-order valence-corrected chi connectivity index (χ0v) is 13.5. The number of thiocarbonyl (C=S) groups is 1. The first-order valence-electron chi connectivity index (χ1n) is 5.83. The van der Waals surface area contributed by atoms with Crippen LogP contribution in [0.4, 0.5) is 5.69 Å². The minimum absolute atomic E-state index is 0.209. The highest BCUT2D eigenvalue weighted by atomic mass is 35.5. The molecule has 1 aromatic heterocycles. The van der Waals surface area contributed by atoms with Crippen LogP contribution in [0.2, 0.25) is 10.0 Å². The van der Waals surface area contributed by atoms with Crippen LogP contribution in [-0.2, 0) is 4.79 Å². The minimum atomic E-state index is -0.209. The van der Waals surface area contributed by atoms with E-state index in [0.29, 0.717) is 30.7 Å². The maximum Gasteiger partial charge on any atom is 0.270 e. The number of thioether (sulfide) groups is 1. The molecule has 0 atom stereocenters. The van der Waals surface area contributed by atoms with Crippen molar-refractivity contribution < 1.29 is 9.21 Å². The molecular formula is C14H7Cl2NO2S2. The second kappa shape index (κ2) is 5.85. The van der Waals surface area contributed by atoms with Gasteiger partial charge in [0.15, 0.2) is 4.32 Å². The summed E-state index contributed by atoms with van der Waals surface area (Å²) in [6.07, 6.45) is 3.21. The molecule has 3 rings (SSSR count). The largest absolute Gasteiger partial charge is 0.465 e. The third-order valence-corrected chi connectivity index (χ3v) is 4.81. The first kappa shape index (κ1) is 14.7. The van der Waals surface area contributed by atoms with Crippen molar-refractivity contribution in [2.24, 2.45) is 0 Å². The summed E-state index contributed by atoms with van der Waals surface area (Å²) in [6.45, 7) is 0. The van der Waals surface area contributed by atoms with Crippen molar-refractivity contribution in [1.82, 2.24) is 0 Å². The van der Waals surface area contributed by atoms with E-state index in [9.17, 15) is 4.79 Å². The number of carbonyl (C=O) groups is 1. The number of furan rings is 1. The summed E-state index contributed by atoms with van der Waals surface area (Å²) in [6, 6.07) is 8.48. The minimum Gasteiger partial charge on any atom is -0.465 e. The number of anilines is 1. The summed E-state index contributed by atoms with van der Waals surface area (Å²) in [5.41, 5.74) is 0.592. The Morgan fingerprint density at radius 1 is 1.24 bits per heavy atom. The highest BCUT2D eigenvalue weighted by Crippen LogP contribution is 2.37. The van der Waals surface area contributed by atoms with Crippen LogP contribution >= 0.6 is 47.2 Å². The van der Waals surface area contributed by atoms with Gasteiger partial charge in [0.1, 0.15) is 5.76 Å². The summed E-state index contributed by atoms with van der Waals surface area (Å²) >= 11 is 18.4. The average molecular weight is 356 g/mol. The SMILES string of the molecule is O=C1/C(=C\c2ccco2)SC(=S)N1c1ccc(Cl)c(Cl)c1. The van der Waals surface area contributed by atoms with E-state index in [0.717, 1.165) is 0 Å². The van der Waals surface area contributed by atoms with Gasteiger partial charge in [-0.3, -0.25) is 9.69 Å². The second-order valence-electron chi connectivity index (χ2n) is 4.13. The van der Waals surface area contributed by atoms with Crippen LogP contribution in [0.1, 0.15) is 5.76 Å². The Morgan fingerprint density at radius 3 is 2.71 bits per heavy atom. The van der Waals surface area contributed by atoms with E-state index in [4.69, 9.17) is 39.8 Å². The zero-order valence-electron chi connectivity index (χ0n) is 10.4. The molecule has 2 aromatic rings. The van der Waals surface area contributed by atoms with Gasteiger partial charge in [-0.2, -0.15) is 0 Å². The van der Waals surface area contributed by atoms with Gasteiger partial charge < -0.3 is 4.42 Å². The Hall–Kier alpha value is -1.27. The Kier molecular flexibility index (Phi) is 4.08.